The monoisotopic (exact) mass is 362 g/mol. The van der Waals surface area contributed by atoms with Crippen molar-refractivity contribution in [1.82, 2.24) is 5.32 Å². The zero-order chi connectivity index (χ0) is 19.2. The van der Waals surface area contributed by atoms with E-state index in [-0.39, 0.29) is 11.8 Å². The average Bonchev–Trinajstić information content (AvgIpc) is 2.67. The Kier molecular flexibility index (Phi) is 5.61. The minimum absolute atomic E-state index is 0.215. The molecule has 5 heteroatoms. The highest BCUT2D eigenvalue weighted by atomic mass is 19.1. The summed E-state index contributed by atoms with van der Waals surface area (Å²) in [6.45, 7) is 2.44. The minimum atomic E-state index is -0.423. The van der Waals surface area contributed by atoms with E-state index in [1.165, 1.54) is 18.2 Å². The SMILES string of the molecule is Cc1ccc(CNC(=O)c2ccc(C(=O)Nc3cccc(F)c3)cc2)cc1. The van der Waals surface area contributed by atoms with Crippen LogP contribution in [0.5, 0.6) is 0 Å². The molecule has 0 fully saturated rings. The first-order valence-corrected chi connectivity index (χ1v) is 8.52. The Balaban J connectivity index is 1.59. The number of hydrogen-bond donors (Lipinski definition) is 2. The maximum atomic E-state index is 13.2. The molecular formula is C22H19FN2O2. The van der Waals surface area contributed by atoms with E-state index in [9.17, 15) is 14.0 Å². The van der Waals surface area contributed by atoms with Gasteiger partial charge in [-0.1, -0.05) is 35.9 Å². The summed E-state index contributed by atoms with van der Waals surface area (Å²) < 4.78 is 13.2. The molecule has 0 aliphatic carbocycles. The molecule has 3 aromatic rings. The van der Waals surface area contributed by atoms with Crippen LogP contribution in [0.4, 0.5) is 10.1 Å². The van der Waals surface area contributed by atoms with Crippen molar-refractivity contribution in [2.24, 2.45) is 0 Å². The van der Waals surface area contributed by atoms with E-state index in [0.717, 1.165) is 11.1 Å². The van der Waals surface area contributed by atoms with E-state index < -0.39 is 5.82 Å². The number of anilines is 1. The van der Waals surface area contributed by atoms with Crippen LogP contribution in [-0.2, 0) is 6.54 Å². The number of rotatable bonds is 5. The average molecular weight is 362 g/mol. The smallest absolute Gasteiger partial charge is 0.255 e. The van der Waals surface area contributed by atoms with Crippen LogP contribution in [0.3, 0.4) is 0 Å². The summed E-state index contributed by atoms with van der Waals surface area (Å²) in [5, 5.41) is 5.47. The first-order chi connectivity index (χ1) is 13.0. The van der Waals surface area contributed by atoms with Crippen LogP contribution in [0.15, 0.2) is 72.8 Å². The Morgan fingerprint density at radius 1 is 0.852 bits per heavy atom. The van der Waals surface area contributed by atoms with Crippen molar-refractivity contribution in [3.05, 3.63) is 101 Å². The molecule has 2 amide bonds. The van der Waals surface area contributed by atoms with Crippen molar-refractivity contribution in [2.75, 3.05) is 5.32 Å². The predicted molar refractivity (Wildman–Crippen MR) is 103 cm³/mol. The van der Waals surface area contributed by atoms with Crippen LogP contribution >= 0.6 is 0 Å². The molecule has 136 valence electrons. The molecule has 4 nitrogen and oxygen atoms in total. The molecular weight excluding hydrogens is 343 g/mol. The summed E-state index contributed by atoms with van der Waals surface area (Å²) in [6.07, 6.45) is 0. The van der Waals surface area contributed by atoms with Crippen LogP contribution in [0.2, 0.25) is 0 Å². The third kappa shape index (κ3) is 5.01. The van der Waals surface area contributed by atoms with E-state index in [2.05, 4.69) is 10.6 Å². The van der Waals surface area contributed by atoms with E-state index in [1.807, 2.05) is 31.2 Å². The van der Waals surface area contributed by atoms with Gasteiger partial charge in [-0.15, -0.1) is 0 Å². The number of carbonyl (C=O) groups excluding carboxylic acids is 2. The molecule has 0 bridgehead atoms. The fourth-order valence-corrected chi connectivity index (χ4v) is 2.53. The van der Waals surface area contributed by atoms with Crippen molar-refractivity contribution in [2.45, 2.75) is 13.5 Å². The summed E-state index contributed by atoms with van der Waals surface area (Å²) in [6, 6.07) is 19.9. The summed E-state index contributed by atoms with van der Waals surface area (Å²) in [5.41, 5.74) is 3.40. The maximum absolute atomic E-state index is 13.2. The van der Waals surface area contributed by atoms with Crippen LogP contribution in [0, 0.1) is 12.7 Å². The fourth-order valence-electron chi connectivity index (χ4n) is 2.53. The number of amides is 2. The van der Waals surface area contributed by atoms with Gasteiger partial charge >= 0.3 is 0 Å². The lowest BCUT2D eigenvalue weighted by molar-refractivity contribution is 0.0949. The van der Waals surface area contributed by atoms with Gasteiger partial charge < -0.3 is 10.6 Å². The summed E-state index contributed by atoms with van der Waals surface area (Å²) in [4.78, 5) is 24.5. The molecule has 0 unspecified atom stereocenters. The van der Waals surface area contributed by atoms with Crippen LogP contribution in [0.25, 0.3) is 0 Å². The van der Waals surface area contributed by atoms with Crippen molar-refractivity contribution < 1.29 is 14.0 Å². The van der Waals surface area contributed by atoms with Gasteiger partial charge in [0.1, 0.15) is 5.82 Å². The Bertz CT molecular complexity index is 951. The number of nitrogens with one attached hydrogen (secondary N) is 2. The van der Waals surface area contributed by atoms with Gasteiger partial charge in [-0.3, -0.25) is 9.59 Å². The highest BCUT2D eigenvalue weighted by molar-refractivity contribution is 6.05. The third-order valence-electron chi connectivity index (χ3n) is 4.07. The molecule has 0 heterocycles. The lowest BCUT2D eigenvalue weighted by Crippen LogP contribution is -2.23. The zero-order valence-electron chi connectivity index (χ0n) is 14.8. The lowest BCUT2D eigenvalue weighted by Gasteiger charge is -2.08. The highest BCUT2D eigenvalue weighted by Crippen LogP contribution is 2.12. The molecule has 0 radical (unpaired) electrons. The van der Waals surface area contributed by atoms with Crippen molar-refractivity contribution in [3.63, 3.8) is 0 Å². The van der Waals surface area contributed by atoms with Crippen molar-refractivity contribution >= 4 is 17.5 Å². The van der Waals surface area contributed by atoms with Gasteiger partial charge in [-0.2, -0.15) is 0 Å². The van der Waals surface area contributed by atoms with Gasteiger partial charge in [0, 0.05) is 23.4 Å². The van der Waals surface area contributed by atoms with Gasteiger partial charge in [0.25, 0.3) is 11.8 Å². The second-order valence-corrected chi connectivity index (χ2v) is 6.21. The lowest BCUT2D eigenvalue weighted by atomic mass is 10.1. The van der Waals surface area contributed by atoms with Crippen LogP contribution in [0.1, 0.15) is 31.8 Å². The minimum Gasteiger partial charge on any atom is -0.348 e. The Morgan fingerprint density at radius 3 is 2.11 bits per heavy atom. The molecule has 0 aromatic heterocycles. The fraction of sp³-hybridized carbons (Fsp3) is 0.0909. The molecule has 0 spiro atoms. The van der Waals surface area contributed by atoms with Crippen molar-refractivity contribution in [3.8, 4) is 0 Å². The summed E-state index contributed by atoms with van der Waals surface area (Å²) in [7, 11) is 0. The molecule has 0 aliphatic heterocycles. The number of aryl methyl sites for hydroxylation is 1. The van der Waals surface area contributed by atoms with E-state index >= 15 is 0 Å². The van der Waals surface area contributed by atoms with Crippen molar-refractivity contribution in [1.29, 1.82) is 0 Å². The third-order valence-corrected chi connectivity index (χ3v) is 4.07. The van der Waals surface area contributed by atoms with E-state index in [4.69, 9.17) is 0 Å². The second kappa shape index (κ2) is 8.27. The van der Waals surface area contributed by atoms with Crippen LogP contribution < -0.4 is 10.6 Å². The van der Waals surface area contributed by atoms with Gasteiger partial charge in [-0.25, -0.2) is 4.39 Å². The first kappa shape index (κ1) is 18.3. The molecule has 0 saturated heterocycles. The van der Waals surface area contributed by atoms with Gasteiger partial charge in [0.2, 0.25) is 0 Å². The molecule has 3 rings (SSSR count). The molecule has 0 aliphatic rings. The van der Waals surface area contributed by atoms with E-state index in [0.29, 0.717) is 23.4 Å². The Hall–Kier alpha value is -3.47. The maximum Gasteiger partial charge on any atom is 0.255 e. The van der Waals surface area contributed by atoms with Crippen LogP contribution in [-0.4, -0.2) is 11.8 Å². The second-order valence-electron chi connectivity index (χ2n) is 6.21. The zero-order valence-corrected chi connectivity index (χ0v) is 14.8. The normalized spacial score (nSPS) is 10.3. The van der Waals surface area contributed by atoms with E-state index in [1.54, 1.807) is 30.3 Å². The molecule has 0 saturated carbocycles. The molecule has 3 aromatic carbocycles. The first-order valence-electron chi connectivity index (χ1n) is 8.52. The number of halogens is 1. The Morgan fingerprint density at radius 2 is 1.48 bits per heavy atom. The number of benzene rings is 3. The quantitative estimate of drug-likeness (QED) is 0.710. The number of carbonyl (C=O) groups is 2. The molecule has 2 N–H and O–H groups in total. The molecule has 0 atom stereocenters. The summed E-state index contributed by atoms with van der Waals surface area (Å²) >= 11 is 0. The van der Waals surface area contributed by atoms with Gasteiger partial charge in [0.05, 0.1) is 0 Å². The van der Waals surface area contributed by atoms with Gasteiger partial charge in [0.15, 0.2) is 0 Å². The topological polar surface area (TPSA) is 58.2 Å². The highest BCUT2D eigenvalue weighted by Gasteiger charge is 2.09. The van der Waals surface area contributed by atoms with Gasteiger partial charge in [-0.05, 0) is 55.0 Å². The predicted octanol–water partition coefficient (Wildman–Crippen LogP) is 4.32. The summed E-state index contributed by atoms with van der Waals surface area (Å²) in [5.74, 6) is -1.01. The largest absolute Gasteiger partial charge is 0.348 e. The molecule has 27 heavy (non-hydrogen) atoms. The number of hydrogen-bond acceptors (Lipinski definition) is 2. The Labute approximate surface area is 157 Å². The standard InChI is InChI=1S/C22H19FN2O2/c1-15-5-7-16(8-6-15)14-24-21(26)17-9-11-18(12-10-17)22(27)25-20-4-2-3-19(23)13-20/h2-13H,14H2,1H3,(H,24,26)(H,25,27).